The highest BCUT2D eigenvalue weighted by Gasteiger charge is 2.24. The molecule has 2 aromatic carbocycles. The number of hydrogen-bond acceptors (Lipinski definition) is 4. The summed E-state index contributed by atoms with van der Waals surface area (Å²) in [5.41, 5.74) is 2.81. The molecule has 7 heteroatoms. The van der Waals surface area contributed by atoms with Crippen LogP contribution in [0.5, 0.6) is 5.75 Å². The highest BCUT2D eigenvalue weighted by molar-refractivity contribution is 6.06. The molecular weight excluding hydrogens is 332 g/mol. The first-order chi connectivity index (χ1) is 12.6. The summed E-state index contributed by atoms with van der Waals surface area (Å²) in [6.07, 6.45) is 0. The number of hydrogen-bond donors (Lipinski definition) is 2. The van der Waals surface area contributed by atoms with Crippen molar-refractivity contribution in [3.63, 3.8) is 0 Å². The summed E-state index contributed by atoms with van der Waals surface area (Å²) in [6.45, 7) is 2.63. The van der Waals surface area contributed by atoms with Crippen molar-refractivity contribution in [1.29, 1.82) is 0 Å². The molecule has 0 radical (unpaired) electrons. The summed E-state index contributed by atoms with van der Waals surface area (Å²) in [7, 11) is 0. The van der Waals surface area contributed by atoms with E-state index in [4.69, 9.17) is 4.74 Å². The molecule has 0 bridgehead atoms. The Balaban J connectivity index is 1.46. The fourth-order valence-corrected chi connectivity index (χ4v) is 3.13. The number of benzene rings is 2. The van der Waals surface area contributed by atoms with Gasteiger partial charge in [0, 0.05) is 24.2 Å². The molecule has 0 fully saturated rings. The van der Waals surface area contributed by atoms with E-state index >= 15 is 0 Å². The zero-order valence-electron chi connectivity index (χ0n) is 14.3. The van der Waals surface area contributed by atoms with Crippen LogP contribution in [0.25, 0.3) is 10.9 Å². The third-order valence-corrected chi connectivity index (χ3v) is 4.45. The monoisotopic (exact) mass is 350 g/mol. The number of ether oxygens (including phenoxy) is 1. The predicted octanol–water partition coefficient (Wildman–Crippen LogP) is 2.03. The Kier molecular flexibility index (Phi) is 4.04. The summed E-state index contributed by atoms with van der Waals surface area (Å²) in [4.78, 5) is 26.3. The Bertz CT molecular complexity index is 995. The molecule has 3 aromatic rings. The highest BCUT2D eigenvalue weighted by Crippen LogP contribution is 2.31. The van der Waals surface area contributed by atoms with Crippen molar-refractivity contribution in [2.75, 3.05) is 24.6 Å². The molecule has 7 nitrogen and oxygen atoms in total. The lowest BCUT2D eigenvalue weighted by atomic mass is 10.1. The summed E-state index contributed by atoms with van der Waals surface area (Å²) < 4.78 is 5.42. The van der Waals surface area contributed by atoms with Gasteiger partial charge >= 0.3 is 0 Å². The maximum absolute atomic E-state index is 12.5. The molecule has 2 heterocycles. The number of aryl methyl sites for hydroxylation is 1. The lowest BCUT2D eigenvalue weighted by molar-refractivity contribution is -0.121. The third kappa shape index (κ3) is 2.77. The van der Waals surface area contributed by atoms with Gasteiger partial charge in [0.1, 0.15) is 11.3 Å². The molecule has 1 aliphatic rings. The molecule has 0 aliphatic carbocycles. The number of nitrogens with one attached hydrogen (secondary N) is 2. The second-order valence-corrected chi connectivity index (χ2v) is 6.11. The van der Waals surface area contributed by atoms with E-state index in [9.17, 15) is 9.59 Å². The first-order valence-electron chi connectivity index (χ1n) is 8.39. The van der Waals surface area contributed by atoms with E-state index in [-0.39, 0.29) is 18.4 Å². The maximum atomic E-state index is 12.5. The van der Waals surface area contributed by atoms with E-state index in [0.29, 0.717) is 29.9 Å². The van der Waals surface area contributed by atoms with Crippen molar-refractivity contribution in [2.45, 2.75) is 6.92 Å². The van der Waals surface area contributed by atoms with Crippen LogP contribution < -0.4 is 15.0 Å². The number of para-hydroxylation sites is 3. The molecule has 132 valence electrons. The van der Waals surface area contributed by atoms with Gasteiger partial charge in [-0.3, -0.25) is 14.7 Å². The number of amides is 2. The number of fused-ring (bicyclic) bond motifs is 2. The van der Waals surface area contributed by atoms with Gasteiger partial charge in [-0.2, -0.15) is 5.10 Å². The maximum Gasteiger partial charge on any atom is 0.265 e. The average molecular weight is 350 g/mol. The Morgan fingerprint density at radius 3 is 3.00 bits per heavy atom. The van der Waals surface area contributed by atoms with Crippen LogP contribution in [-0.2, 0) is 4.79 Å². The van der Waals surface area contributed by atoms with Gasteiger partial charge in [-0.25, -0.2) is 0 Å². The molecule has 2 N–H and O–H groups in total. The van der Waals surface area contributed by atoms with E-state index in [1.54, 1.807) is 11.0 Å². The number of carbonyl (C=O) groups is 2. The van der Waals surface area contributed by atoms with Crippen molar-refractivity contribution in [3.05, 3.63) is 53.7 Å². The molecule has 0 spiro atoms. The van der Waals surface area contributed by atoms with Gasteiger partial charge in [0.05, 0.1) is 11.3 Å². The number of H-pyrrole nitrogens is 1. The SMILES string of the molecule is Cc1[nH]nc2c(C(=O)NCCN3C(=O)COc4ccccc43)cccc12. The Morgan fingerprint density at radius 2 is 2.12 bits per heavy atom. The predicted molar refractivity (Wildman–Crippen MR) is 97.5 cm³/mol. The van der Waals surface area contributed by atoms with Gasteiger partial charge in [-0.15, -0.1) is 0 Å². The van der Waals surface area contributed by atoms with Crippen LogP contribution in [0.15, 0.2) is 42.5 Å². The molecule has 1 aliphatic heterocycles. The normalized spacial score (nSPS) is 13.4. The summed E-state index contributed by atoms with van der Waals surface area (Å²) in [5, 5.41) is 10.9. The van der Waals surface area contributed by atoms with Crippen LogP contribution in [0, 0.1) is 6.92 Å². The van der Waals surface area contributed by atoms with Gasteiger partial charge in [-0.05, 0) is 25.1 Å². The minimum absolute atomic E-state index is 0.0107. The van der Waals surface area contributed by atoms with Crippen LogP contribution in [0.3, 0.4) is 0 Å². The number of aromatic amines is 1. The van der Waals surface area contributed by atoms with Crippen LogP contribution >= 0.6 is 0 Å². The number of nitrogens with zero attached hydrogens (tertiary/aromatic N) is 2. The van der Waals surface area contributed by atoms with Gasteiger partial charge in [0.2, 0.25) is 0 Å². The van der Waals surface area contributed by atoms with E-state index in [1.807, 2.05) is 43.3 Å². The van der Waals surface area contributed by atoms with Crippen molar-refractivity contribution in [1.82, 2.24) is 15.5 Å². The molecule has 2 amide bonds. The molecule has 0 unspecified atom stereocenters. The van der Waals surface area contributed by atoms with E-state index in [0.717, 1.165) is 16.8 Å². The van der Waals surface area contributed by atoms with Crippen molar-refractivity contribution in [3.8, 4) is 5.75 Å². The Labute approximate surface area is 149 Å². The molecule has 0 atom stereocenters. The topological polar surface area (TPSA) is 87.3 Å². The van der Waals surface area contributed by atoms with Gasteiger partial charge in [0.15, 0.2) is 6.61 Å². The molecule has 1 aromatic heterocycles. The fraction of sp³-hybridized carbons (Fsp3) is 0.211. The highest BCUT2D eigenvalue weighted by atomic mass is 16.5. The van der Waals surface area contributed by atoms with E-state index in [2.05, 4.69) is 15.5 Å². The van der Waals surface area contributed by atoms with Crippen molar-refractivity contribution >= 4 is 28.4 Å². The van der Waals surface area contributed by atoms with E-state index < -0.39 is 0 Å². The zero-order valence-corrected chi connectivity index (χ0v) is 14.3. The fourth-order valence-electron chi connectivity index (χ4n) is 3.13. The number of anilines is 1. The van der Waals surface area contributed by atoms with Gasteiger partial charge in [-0.1, -0.05) is 24.3 Å². The molecular formula is C19H18N4O3. The lowest BCUT2D eigenvalue weighted by Crippen LogP contribution is -2.43. The van der Waals surface area contributed by atoms with Gasteiger partial charge in [0.25, 0.3) is 11.8 Å². The smallest absolute Gasteiger partial charge is 0.265 e. The van der Waals surface area contributed by atoms with Crippen molar-refractivity contribution < 1.29 is 14.3 Å². The average Bonchev–Trinajstić information content (AvgIpc) is 3.04. The molecule has 4 rings (SSSR count). The lowest BCUT2D eigenvalue weighted by Gasteiger charge is -2.29. The third-order valence-electron chi connectivity index (χ3n) is 4.45. The van der Waals surface area contributed by atoms with Crippen LogP contribution in [0.2, 0.25) is 0 Å². The Hall–Kier alpha value is -3.35. The molecule has 0 saturated heterocycles. The van der Waals surface area contributed by atoms with Gasteiger partial charge < -0.3 is 15.0 Å². The molecule has 26 heavy (non-hydrogen) atoms. The minimum Gasteiger partial charge on any atom is -0.482 e. The minimum atomic E-state index is -0.212. The number of carbonyl (C=O) groups excluding carboxylic acids is 2. The first kappa shape index (κ1) is 16.1. The summed E-state index contributed by atoms with van der Waals surface area (Å²) >= 11 is 0. The number of rotatable bonds is 4. The second-order valence-electron chi connectivity index (χ2n) is 6.11. The molecule has 0 saturated carbocycles. The second kappa shape index (κ2) is 6.51. The quantitative estimate of drug-likeness (QED) is 0.754. The van der Waals surface area contributed by atoms with Crippen LogP contribution in [-0.4, -0.2) is 41.7 Å². The van der Waals surface area contributed by atoms with Crippen molar-refractivity contribution in [2.24, 2.45) is 0 Å². The number of aromatic nitrogens is 2. The first-order valence-corrected chi connectivity index (χ1v) is 8.39. The standard InChI is InChI=1S/C19H18N4O3/c1-12-13-5-4-6-14(18(13)22-21-12)19(25)20-9-10-23-15-7-2-3-8-16(15)26-11-17(23)24/h2-8H,9-11H2,1H3,(H,20,25)(H,21,22). The van der Waals surface area contributed by atoms with E-state index in [1.165, 1.54) is 0 Å². The summed E-state index contributed by atoms with van der Waals surface area (Å²) in [6, 6.07) is 12.9. The zero-order chi connectivity index (χ0) is 18.1. The van der Waals surface area contributed by atoms with Crippen LogP contribution in [0.4, 0.5) is 5.69 Å². The Morgan fingerprint density at radius 1 is 1.27 bits per heavy atom. The van der Waals surface area contributed by atoms with Crippen LogP contribution in [0.1, 0.15) is 16.1 Å². The summed E-state index contributed by atoms with van der Waals surface area (Å²) in [5.74, 6) is 0.342. The largest absolute Gasteiger partial charge is 0.482 e.